The Kier molecular flexibility index (Phi) is 5.73. The summed E-state index contributed by atoms with van der Waals surface area (Å²) in [5, 5.41) is 0. The Balaban J connectivity index is 1.55. The van der Waals surface area contributed by atoms with Gasteiger partial charge >= 0.3 is 5.69 Å². The molecule has 3 rings (SSSR count). The summed E-state index contributed by atoms with van der Waals surface area (Å²) in [7, 11) is 0. The highest BCUT2D eigenvalue weighted by atomic mass is 19.1. The summed E-state index contributed by atoms with van der Waals surface area (Å²) in [6, 6.07) is 5.39. The molecule has 1 aromatic heterocycles. The Morgan fingerprint density at radius 1 is 1.33 bits per heavy atom. The van der Waals surface area contributed by atoms with Gasteiger partial charge in [-0.1, -0.05) is 12.1 Å². The van der Waals surface area contributed by atoms with Crippen molar-refractivity contribution in [2.75, 3.05) is 13.1 Å². The van der Waals surface area contributed by atoms with Crippen LogP contribution < -0.4 is 5.69 Å². The molecule has 2 aromatic rings. The van der Waals surface area contributed by atoms with Gasteiger partial charge in [0.2, 0.25) is 5.91 Å². The third-order valence-electron chi connectivity index (χ3n) is 5.44. The number of H-pyrrole nitrogens is 1. The van der Waals surface area contributed by atoms with Crippen LogP contribution in [0.1, 0.15) is 40.9 Å². The SMILES string of the molecule is Cc1ccc(CC2CCN(C(=O)CCc3c(C)nc(=O)[nH]c3C)C2)cc1F. The molecule has 1 unspecified atom stereocenters. The van der Waals surface area contributed by atoms with Gasteiger partial charge in [-0.25, -0.2) is 9.18 Å². The maximum absolute atomic E-state index is 13.7. The maximum atomic E-state index is 13.7. The van der Waals surface area contributed by atoms with E-state index in [0.29, 0.717) is 30.0 Å². The molecule has 144 valence electrons. The van der Waals surface area contributed by atoms with E-state index in [1.165, 1.54) is 0 Å². The molecule has 0 saturated carbocycles. The fourth-order valence-corrected chi connectivity index (χ4v) is 3.84. The van der Waals surface area contributed by atoms with Crippen molar-refractivity contribution in [1.82, 2.24) is 14.9 Å². The Morgan fingerprint density at radius 2 is 2.11 bits per heavy atom. The van der Waals surface area contributed by atoms with Crippen molar-refractivity contribution >= 4 is 5.91 Å². The molecule has 1 aromatic carbocycles. The summed E-state index contributed by atoms with van der Waals surface area (Å²) in [5.74, 6) is 0.325. The van der Waals surface area contributed by atoms with E-state index in [2.05, 4.69) is 9.97 Å². The van der Waals surface area contributed by atoms with Crippen LogP contribution in [0.2, 0.25) is 0 Å². The van der Waals surface area contributed by atoms with Crippen LogP contribution in [-0.2, 0) is 17.6 Å². The van der Waals surface area contributed by atoms with Crippen LogP contribution in [0.4, 0.5) is 4.39 Å². The van der Waals surface area contributed by atoms with Crippen LogP contribution >= 0.6 is 0 Å². The summed E-state index contributed by atoms with van der Waals surface area (Å²) in [6.45, 7) is 6.86. The number of hydrogen-bond donors (Lipinski definition) is 1. The summed E-state index contributed by atoms with van der Waals surface area (Å²) in [4.78, 5) is 32.5. The molecule has 1 aliphatic heterocycles. The van der Waals surface area contributed by atoms with Gasteiger partial charge in [-0.2, -0.15) is 4.98 Å². The molecule has 5 nitrogen and oxygen atoms in total. The molecule has 0 bridgehead atoms. The summed E-state index contributed by atoms with van der Waals surface area (Å²) < 4.78 is 13.7. The fraction of sp³-hybridized carbons (Fsp3) is 0.476. The zero-order valence-electron chi connectivity index (χ0n) is 16.1. The van der Waals surface area contributed by atoms with Gasteiger partial charge in [0.1, 0.15) is 5.82 Å². The van der Waals surface area contributed by atoms with E-state index < -0.39 is 0 Å². The number of rotatable bonds is 5. The number of aromatic nitrogens is 2. The minimum Gasteiger partial charge on any atom is -0.342 e. The van der Waals surface area contributed by atoms with Crippen LogP contribution in [0.25, 0.3) is 0 Å². The second-order valence-corrected chi connectivity index (χ2v) is 7.51. The molecule has 1 saturated heterocycles. The first-order valence-electron chi connectivity index (χ1n) is 9.42. The molecule has 1 amide bonds. The minimum absolute atomic E-state index is 0.123. The lowest BCUT2D eigenvalue weighted by Gasteiger charge is -2.17. The number of amides is 1. The number of aryl methyl sites for hydroxylation is 3. The first kappa shape index (κ1) is 19.3. The highest BCUT2D eigenvalue weighted by Crippen LogP contribution is 2.23. The number of nitrogens with zero attached hydrogens (tertiary/aromatic N) is 2. The standard InChI is InChI=1S/C21H26FN3O2/c1-13-4-5-16(11-19(13)22)10-17-8-9-25(12-17)20(26)7-6-18-14(2)23-21(27)24-15(18)3/h4-5,11,17H,6-10,12H2,1-3H3,(H,23,24,27). The molecule has 6 heteroatoms. The Morgan fingerprint density at radius 3 is 2.81 bits per heavy atom. The average Bonchev–Trinajstić information content (AvgIpc) is 3.05. The second kappa shape index (κ2) is 8.03. The lowest BCUT2D eigenvalue weighted by Crippen LogP contribution is -2.29. The normalized spacial score (nSPS) is 16.7. The van der Waals surface area contributed by atoms with Gasteiger partial charge < -0.3 is 9.88 Å². The molecule has 0 aliphatic carbocycles. The predicted octanol–water partition coefficient (Wildman–Crippen LogP) is 2.86. The van der Waals surface area contributed by atoms with Crippen molar-refractivity contribution in [2.24, 2.45) is 5.92 Å². The van der Waals surface area contributed by atoms with E-state index in [-0.39, 0.29) is 17.4 Å². The third kappa shape index (κ3) is 4.62. The van der Waals surface area contributed by atoms with Gasteiger partial charge in [0, 0.05) is 30.9 Å². The number of hydrogen-bond acceptors (Lipinski definition) is 3. The van der Waals surface area contributed by atoms with Crippen molar-refractivity contribution < 1.29 is 9.18 Å². The molecule has 27 heavy (non-hydrogen) atoms. The lowest BCUT2D eigenvalue weighted by molar-refractivity contribution is -0.130. The molecule has 0 radical (unpaired) electrons. The van der Waals surface area contributed by atoms with Crippen molar-refractivity contribution in [3.63, 3.8) is 0 Å². The monoisotopic (exact) mass is 371 g/mol. The van der Waals surface area contributed by atoms with E-state index in [1.54, 1.807) is 19.9 Å². The van der Waals surface area contributed by atoms with Crippen LogP contribution in [-0.4, -0.2) is 33.9 Å². The summed E-state index contributed by atoms with van der Waals surface area (Å²) in [6.07, 6.45) is 2.72. The van der Waals surface area contributed by atoms with Crippen LogP contribution in [0.5, 0.6) is 0 Å². The average molecular weight is 371 g/mol. The predicted molar refractivity (Wildman–Crippen MR) is 102 cm³/mol. The van der Waals surface area contributed by atoms with E-state index in [0.717, 1.165) is 42.8 Å². The van der Waals surface area contributed by atoms with E-state index in [1.807, 2.05) is 24.0 Å². The lowest BCUT2D eigenvalue weighted by atomic mass is 9.98. The number of halogens is 1. The van der Waals surface area contributed by atoms with Crippen molar-refractivity contribution in [3.8, 4) is 0 Å². The van der Waals surface area contributed by atoms with Crippen molar-refractivity contribution in [1.29, 1.82) is 0 Å². The highest BCUT2D eigenvalue weighted by Gasteiger charge is 2.26. The zero-order chi connectivity index (χ0) is 19.6. The van der Waals surface area contributed by atoms with E-state index in [9.17, 15) is 14.0 Å². The molecular formula is C21H26FN3O2. The Hall–Kier alpha value is -2.50. The van der Waals surface area contributed by atoms with E-state index in [4.69, 9.17) is 0 Å². The first-order valence-corrected chi connectivity index (χ1v) is 9.42. The zero-order valence-corrected chi connectivity index (χ0v) is 16.1. The van der Waals surface area contributed by atoms with Gasteiger partial charge in [0.05, 0.1) is 0 Å². The molecule has 1 atom stereocenters. The minimum atomic E-state index is -0.352. The third-order valence-corrected chi connectivity index (χ3v) is 5.44. The van der Waals surface area contributed by atoms with Crippen molar-refractivity contribution in [3.05, 3.63) is 62.6 Å². The van der Waals surface area contributed by atoms with Crippen LogP contribution in [0, 0.1) is 32.5 Å². The molecule has 1 aliphatic rings. The van der Waals surface area contributed by atoms with Gasteiger partial charge in [-0.05, 0) is 68.7 Å². The largest absolute Gasteiger partial charge is 0.345 e. The fourth-order valence-electron chi connectivity index (χ4n) is 3.84. The second-order valence-electron chi connectivity index (χ2n) is 7.51. The van der Waals surface area contributed by atoms with Crippen LogP contribution in [0.3, 0.4) is 0 Å². The van der Waals surface area contributed by atoms with Gasteiger partial charge in [0.15, 0.2) is 0 Å². The molecule has 1 N–H and O–H groups in total. The number of carbonyl (C=O) groups is 1. The van der Waals surface area contributed by atoms with Crippen LogP contribution in [0.15, 0.2) is 23.0 Å². The number of nitrogens with one attached hydrogen (secondary N) is 1. The van der Waals surface area contributed by atoms with Crippen molar-refractivity contribution in [2.45, 2.75) is 46.5 Å². The first-order chi connectivity index (χ1) is 12.8. The topological polar surface area (TPSA) is 66.1 Å². The summed E-state index contributed by atoms with van der Waals surface area (Å²) in [5.41, 5.74) is 3.70. The number of aromatic amines is 1. The van der Waals surface area contributed by atoms with E-state index >= 15 is 0 Å². The van der Waals surface area contributed by atoms with Gasteiger partial charge in [-0.15, -0.1) is 0 Å². The maximum Gasteiger partial charge on any atom is 0.345 e. The number of carbonyl (C=O) groups excluding carboxylic acids is 1. The Labute approximate surface area is 158 Å². The number of likely N-dealkylation sites (tertiary alicyclic amines) is 1. The smallest absolute Gasteiger partial charge is 0.342 e. The Bertz CT molecular complexity index is 881. The van der Waals surface area contributed by atoms with Gasteiger partial charge in [0.25, 0.3) is 0 Å². The molecule has 1 fully saturated rings. The molecular weight excluding hydrogens is 345 g/mol. The number of benzene rings is 1. The van der Waals surface area contributed by atoms with Gasteiger partial charge in [-0.3, -0.25) is 4.79 Å². The molecule has 0 spiro atoms. The highest BCUT2D eigenvalue weighted by molar-refractivity contribution is 5.76. The molecule has 2 heterocycles. The quantitative estimate of drug-likeness (QED) is 0.879. The summed E-state index contributed by atoms with van der Waals surface area (Å²) >= 11 is 0.